The highest BCUT2D eigenvalue weighted by atomic mass is 16.7. The van der Waals surface area contributed by atoms with Crippen LogP contribution in [0.5, 0.6) is 0 Å². The Bertz CT molecular complexity index is 1280. The number of carbonyl (C=O) groups is 2. The van der Waals surface area contributed by atoms with Crippen molar-refractivity contribution in [3.8, 4) is 0 Å². The van der Waals surface area contributed by atoms with Crippen molar-refractivity contribution in [2.24, 2.45) is 35.5 Å². The highest BCUT2D eigenvalue weighted by Gasteiger charge is 2.52. The summed E-state index contributed by atoms with van der Waals surface area (Å²) in [6.45, 7) is 10.5. The number of Topliss-reactive ketones (excluding diaryl/α,β-unsaturated/α-hetero) is 1. The SMILES string of the molecule is CC[C@@H]1CCC[C@H](O[C@H]2CC[C@H](N(C)C)[C@@H](C)O2)[C@H](C)C(=O)C2=C[C@@H]3[C@@H](C=C(C)[C@@H]4C[C@@H](O[C@H]5C[C@H](OC)[C@@H](OC)[C@H](C)O5)C[C@@H]34)[C@@H]2CC(=O)O1. The zero-order chi connectivity index (χ0) is 36.6. The molecular weight excluding hydrogens is 650 g/mol. The van der Waals surface area contributed by atoms with Crippen molar-refractivity contribution in [2.75, 3.05) is 28.3 Å². The van der Waals surface area contributed by atoms with Gasteiger partial charge in [-0.1, -0.05) is 31.6 Å². The molecule has 0 aromatic heterocycles. The molecule has 3 aliphatic heterocycles. The van der Waals surface area contributed by atoms with Crippen LogP contribution < -0.4 is 0 Å². The lowest BCUT2D eigenvalue weighted by Gasteiger charge is -2.40. The van der Waals surface area contributed by atoms with E-state index in [-0.39, 0.29) is 97.2 Å². The average Bonchev–Trinajstić information content (AvgIpc) is 3.67. The maximum atomic E-state index is 14.7. The smallest absolute Gasteiger partial charge is 0.306 e. The number of esters is 1. The van der Waals surface area contributed by atoms with E-state index < -0.39 is 0 Å². The number of rotatable bonds is 8. The van der Waals surface area contributed by atoms with Gasteiger partial charge in [-0.05, 0) is 115 Å². The second-order valence-electron chi connectivity index (χ2n) is 16.6. The second-order valence-corrected chi connectivity index (χ2v) is 16.6. The topological polar surface area (TPSA) is 102 Å². The molecule has 0 N–H and O–H groups in total. The Balaban J connectivity index is 1.21. The summed E-state index contributed by atoms with van der Waals surface area (Å²) in [7, 11) is 7.60. The normalized spacial score (nSPS) is 45.1. The maximum absolute atomic E-state index is 14.7. The predicted molar refractivity (Wildman–Crippen MR) is 193 cm³/mol. The molecule has 3 heterocycles. The van der Waals surface area contributed by atoms with E-state index >= 15 is 0 Å². The third kappa shape index (κ3) is 8.37. The van der Waals surface area contributed by atoms with Gasteiger partial charge in [-0.2, -0.15) is 0 Å². The van der Waals surface area contributed by atoms with Crippen molar-refractivity contribution in [3.63, 3.8) is 0 Å². The molecule has 6 aliphatic rings. The lowest BCUT2D eigenvalue weighted by atomic mass is 9.67. The van der Waals surface area contributed by atoms with Gasteiger partial charge in [0.2, 0.25) is 0 Å². The number of nitrogens with zero attached hydrogens (tertiary/aromatic N) is 1. The van der Waals surface area contributed by atoms with E-state index in [1.54, 1.807) is 14.2 Å². The molecule has 1 saturated carbocycles. The Labute approximate surface area is 306 Å². The van der Waals surface area contributed by atoms with Crippen molar-refractivity contribution in [3.05, 3.63) is 23.3 Å². The number of allylic oxidation sites excluding steroid dienone is 4. The van der Waals surface area contributed by atoms with Crippen LogP contribution in [0, 0.1) is 35.5 Å². The predicted octanol–water partition coefficient (Wildman–Crippen LogP) is 6.25. The number of likely N-dealkylation sites (N-methyl/N-ethyl adjacent to an activating group) is 1. The van der Waals surface area contributed by atoms with Gasteiger partial charge in [0.25, 0.3) is 0 Å². The van der Waals surface area contributed by atoms with E-state index in [4.69, 9.17) is 33.2 Å². The summed E-state index contributed by atoms with van der Waals surface area (Å²) in [6.07, 6.45) is 10.7. The van der Waals surface area contributed by atoms with Crippen molar-refractivity contribution < 1.29 is 42.7 Å². The average molecular weight is 716 g/mol. The van der Waals surface area contributed by atoms with Gasteiger partial charge in [-0.15, -0.1) is 0 Å². The van der Waals surface area contributed by atoms with E-state index in [0.717, 1.165) is 56.9 Å². The van der Waals surface area contributed by atoms with Gasteiger partial charge >= 0.3 is 5.97 Å². The fourth-order valence-corrected chi connectivity index (χ4v) is 10.5. The summed E-state index contributed by atoms with van der Waals surface area (Å²) in [5, 5.41) is 0. The van der Waals surface area contributed by atoms with Gasteiger partial charge in [0, 0.05) is 38.5 Å². The number of carbonyl (C=O) groups excluding carboxylic acids is 2. The monoisotopic (exact) mass is 715 g/mol. The summed E-state index contributed by atoms with van der Waals surface area (Å²) in [5.41, 5.74) is 2.12. The molecule has 288 valence electrons. The lowest BCUT2D eigenvalue weighted by Crippen LogP contribution is -2.50. The zero-order valence-corrected chi connectivity index (χ0v) is 32.6. The van der Waals surface area contributed by atoms with Crippen LogP contribution in [0.4, 0.5) is 0 Å². The van der Waals surface area contributed by atoms with Crippen molar-refractivity contribution >= 4 is 11.8 Å². The molecule has 0 spiro atoms. The third-order valence-corrected chi connectivity index (χ3v) is 13.3. The van der Waals surface area contributed by atoms with Crippen LogP contribution in [0.15, 0.2) is 23.3 Å². The Morgan fingerprint density at radius 2 is 1.59 bits per heavy atom. The summed E-state index contributed by atoms with van der Waals surface area (Å²) < 4.78 is 43.6. The lowest BCUT2D eigenvalue weighted by molar-refractivity contribution is -0.266. The molecule has 3 saturated heterocycles. The maximum Gasteiger partial charge on any atom is 0.306 e. The number of ketones is 1. The molecule has 10 heteroatoms. The second kappa shape index (κ2) is 16.8. The third-order valence-electron chi connectivity index (χ3n) is 13.3. The minimum atomic E-state index is -0.357. The molecule has 10 nitrogen and oxygen atoms in total. The van der Waals surface area contributed by atoms with Crippen LogP contribution in [0.25, 0.3) is 0 Å². The number of cyclic esters (lactones) is 1. The minimum absolute atomic E-state index is 0.0357. The van der Waals surface area contributed by atoms with E-state index in [0.29, 0.717) is 24.3 Å². The largest absolute Gasteiger partial charge is 0.462 e. The van der Waals surface area contributed by atoms with Gasteiger partial charge in [-0.3, -0.25) is 9.59 Å². The summed E-state index contributed by atoms with van der Waals surface area (Å²) >= 11 is 0. The van der Waals surface area contributed by atoms with E-state index in [2.05, 4.69) is 51.9 Å². The Morgan fingerprint density at radius 3 is 2.27 bits per heavy atom. The van der Waals surface area contributed by atoms with Crippen molar-refractivity contribution in [2.45, 2.75) is 160 Å². The van der Waals surface area contributed by atoms with Gasteiger partial charge in [-0.25, -0.2) is 0 Å². The fraction of sp³-hybridized carbons (Fsp3) is 0.854. The molecule has 51 heavy (non-hydrogen) atoms. The van der Waals surface area contributed by atoms with Gasteiger partial charge in [0.15, 0.2) is 18.4 Å². The van der Waals surface area contributed by atoms with Crippen LogP contribution >= 0.6 is 0 Å². The number of hydrogen-bond acceptors (Lipinski definition) is 10. The standard InChI is InChI=1S/C41H65NO9/c1-10-26-12-11-13-35(51-38-15-14-34(42(6)7)24(4)47-38)23(3)40(44)33-19-31-29(32(33)20-37(43)49-26)16-22(2)28-17-27(18-30(28)31)50-39-21-36(45-8)41(46-9)25(5)48-39/h16,19,23-32,34-36,38-39,41H,10-15,17-18,20-21H2,1-9H3/t23-,24+,25-,26+,27+,28-,29+,30+,31+,32-,34-,35-,36-,38-,39-,41-/m0/s1. The molecule has 0 aromatic rings. The van der Waals surface area contributed by atoms with Crippen LogP contribution in [-0.4, -0.2) is 106 Å². The Kier molecular flexibility index (Phi) is 12.8. The number of methoxy groups -OCH3 is 2. The summed E-state index contributed by atoms with van der Waals surface area (Å²) in [6, 6.07) is 0.345. The molecule has 16 atom stereocenters. The molecule has 0 radical (unpaired) electrons. The first kappa shape index (κ1) is 39.0. The number of hydrogen-bond donors (Lipinski definition) is 0. The van der Waals surface area contributed by atoms with Gasteiger partial charge in [0.1, 0.15) is 12.2 Å². The van der Waals surface area contributed by atoms with Crippen LogP contribution in [-0.2, 0) is 42.7 Å². The molecule has 0 amide bonds. The zero-order valence-electron chi connectivity index (χ0n) is 32.6. The van der Waals surface area contributed by atoms with Crippen LogP contribution in [0.1, 0.15) is 98.8 Å². The molecule has 0 aromatic carbocycles. The quantitative estimate of drug-likeness (QED) is 0.212. The molecule has 4 fully saturated rings. The molecule has 3 aliphatic carbocycles. The molecule has 0 unspecified atom stereocenters. The molecule has 6 rings (SSSR count). The highest BCUT2D eigenvalue weighted by Crippen LogP contribution is 2.56. The van der Waals surface area contributed by atoms with Crippen LogP contribution in [0.3, 0.4) is 0 Å². The van der Waals surface area contributed by atoms with Crippen LogP contribution in [0.2, 0.25) is 0 Å². The first-order valence-electron chi connectivity index (χ1n) is 19.9. The Hall–Kier alpha value is -1.66. The number of ether oxygens (including phenoxy) is 7. The fourth-order valence-electron chi connectivity index (χ4n) is 10.5. The first-order valence-corrected chi connectivity index (χ1v) is 19.9. The minimum Gasteiger partial charge on any atom is -0.462 e. The van der Waals surface area contributed by atoms with E-state index in [1.807, 2.05) is 13.8 Å². The van der Waals surface area contributed by atoms with Gasteiger partial charge in [0.05, 0.1) is 36.9 Å². The van der Waals surface area contributed by atoms with Crippen molar-refractivity contribution in [1.82, 2.24) is 4.90 Å². The van der Waals surface area contributed by atoms with E-state index in [9.17, 15) is 9.59 Å². The highest BCUT2D eigenvalue weighted by molar-refractivity contribution is 5.99. The molecule has 0 bridgehead atoms. The van der Waals surface area contributed by atoms with Crippen molar-refractivity contribution in [1.29, 1.82) is 0 Å². The number of fused-ring (bicyclic) bond motifs is 5. The Morgan fingerprint density at radius 1 is 0.824 bits per heavy atom. The first-order chi connectivity index (χ1) is 24.4. The summed E-state index contributed by atoms with van der Waals surface area (Å²) in [4.78, 5) is 30.4. The summed E-state index contributed by atoms with van der Waals surface area (Å²) in [5.74, 6) is 0.251. The van der Waals surface area contributed by atoms with E-state index in [1.165, 1.54) is 5.57 Å². The van der Waals surface area contributed by atoms with Gasteiger partial charge < -0.3 is 38.1 Å². The molecular formula is C41H65NO9.